The van der Waals surface area contributed by atoms with Crippen LogP contribution in [-0.2, 0) is 27.2 Å². The maximum atomic E-state index is 12.3. The van der Waals surface area contributed by atoms with Gasteiger partial charge < -0.3 is 14.4 Å². The quantitative estimate of drug-likeness (QED) is 0.785. The van der Waals surface area contributed by atoms with Crippen molar-refractivity contribution in [1.29, 1.82) is 0 Å². The maximum Gasteiger partial charge on any atom is 0.358 e. The fraction of sp³-hybridized carbons (Fsp3) is 0.615. The van der Waals surface area contributed by atoms with Crippen molar-refractivity contribution in [3.8, 4) is 0 Å². The third kappa shape index (κ3) is 2.18. The van der Waals surface area contributed by atoms with Gasteiger partial charge in [-0.2, -0.15) is 5.10 Å². The average Bonchev–Trinajstić information content (AvgIpc) is 3.14. The first-order chi connectivity index (χ1) is 9.70. The summed E-state index contributed by atoms with van der Waals surface area (Å²) in [4.78, 5) is 25.6. The average molecular weight is 279 g/mol. The van der Waals surface area contributed by atoms with Crippen molar-refractivity contribution < 1.29 is 19.1 Å². The number of carbonyl (C=O) groups is 2. The van der Waals surface area contributed by atoms with Gasteiger partial charge in [-0.3, -0.25) is 9.89 Å². The normalized spacial score (nSPS) is 21.6. The van der Waals surface area contributed by atoms with Crippen molar-refractivity contribution in [1.82, 2.24) is 15.1 Å². The predicted molar refractivity (Wildman–Crippen MR) is 68.0 cm³/mol. The Kier molecular flexibility index (Phi) is 3.43. The van der Waals surface area contributed by atoms with E-state index in [1.807, 2.05) is 0 Å². The van der Waals surface area contributed by atoms with E-state index in [4.69, 9.17) is 9.47 Å². The van der Waals surface area contributed by atoms with E-state index in [0.29, 0.717) is 31.8 Å². The summed E-state index contributed by atoms with van der Waals surface area (Å²) in [6.45, 7) is 1.68. The molecule has 108 valence electrons. The van der Waals surface area contributed by atoms with E-state index in [1.54, 1.807) is 4.90 Å². The number of aromatic amines is 1. The second-order valence-corrected chi connectivity index (χ2v) is 5.03. The molecule has 1 amide bonds. The number of methoxy groups -OCH3 is 1. The zero-order valence-corrected chi connectivity index (χ0v) is 11.3. The Morgan fingerprint density at radius 2 is 2.35 bits per heavy atom. The highest BCUT2D eigenvalue weighted by Gasteiger charge is 2.32. The summed E-state index contributed by atoms with van der Waals surface area (Å²) in [5.41, 5.74) is 1.99. The summed E-state index contributed by atoms with van der Waals surface area (Å²) in [5, 5.41) is 6.82. The van der Waals surface area contributed by atoms with E-state index >= 15 is 0 Å². The zero-order valence-electron chi connectivity index (χ0n) is 11.3. The minimum atomic E-state index is -0.443. The first-order valence-electron chi connectivity index (χ1n) is 6.75. The van der Waals surface area contributed by atoms with Crippen molar-refractivity contribution in [3.05, 3.63) is 17.0 Å². The lowest BCUT2D eigenvalue weighted by atomic mass is 10.0. The van der Waals surface area contributed by atoms with Gasteiger partial charge in [0.2, 0.25) is 0 Å². The summed E-state index contributed by atoms with van der Waals surface area (Å²) < 4.78 is 10.1. The van der Waals surface area contributed by atoms with Gasteiger partial charge in [0.15, 0.2) is 5.69 Å². The number of carbonyl (C=O) groups excluding carboxylic acids is 2. The second-order valence-electron chi connectivity index (χ2n) is 5.03. The lowest BCUT2D eigenvalue weighted by Gasteiger charge is -2.28. The van der Waals surface area contributed by atoms with Crippen molar-refractivity contribution >= 4 is 11.9 Å². The Morgan fingerprint density at radius 1 is 1.50 bits per heavy atom. The van der Waals surface area contributed by atoms with Crippen LogP contribution in [0.2, 0.25) is 0 Å². The van der Waals surface area contributed by atoms with Crippen molar-refractivity contribution in [2.75, 3.05) is 20.3 Å². The first-order valence-corrected chi connectivity index (χ1v) is 6.75. The number of fused-ring (bicyclic) bond motifs is 1. The third-order valence-corrected chi connectivity index (χ3v) is 3.83. The fourth-order valence-electron chi connectivity index (χ4n) is 2.75. The van der Waals surface area contributed by atoms with Crippen LogP contribution in [0.1, 0.15) is 34.6 Å². The van der Waals surface area contributed by atoms with Crippen molar-refractivity contribution in [2.45, 2.75) is 31.9 Å². The second kappa shape index (κ2) is 5.24. The number of H-pyrrole nitrogens is 1. The van der Waals surface area contributed by atoms with Crippen molar-refractivity contribution in [2.24, 2.45) is 0 Å². The highest BCUT2D eigenvalue weighted by atomic mass is 16.5. The lowest BCUT2D eigenvalue weighted by Crippen LogP contribution is -2.42. The molecule has 1 aromatic rings. The molecule has 0 spiro atoms. The minimum Gasteiger partial charge on any atom is -0.464 e. The van der Waals surface area contributed by atoms with Crippen LogP contribution < -0.4 is 0 Å². The Hall–Kier alpha value is -1.89. The first kappa shape index (κ1) is 13.1. The molecule has 3 heterocycles. The number of hydrogen-bond acceptors (Lipinski definition) is 5. The van der Waals surface area contributed by atoms with Gasteiger partial charge in [0.25, 0.3) is 5.91 Å². The number of nitrogens with one attached hydrogen (secondary N) is 1. The summed E-state index contributed by atoms with van der Waals surface area (Å²) in [5.74, 6) is -0.413. The minimum absolute atomic E-state index is 0.0300. The van der Waals surface area contributed by atoms with Crippen LogP contribution in [0.25, 0.3) is 0 Å². The van der Waals surface area contributed by atoms with Crippen LogP contribution in [-0.4, -0.2) is 53.3 Å². The van der Waals surface area contributed by atoms with Gasteiger partial charge in [-0.25, -0.2) is 4.79 Å². The number of aromatic nitrogens is 2. The summed E-state index contributed by atoms with van der Waals surface area (Å²) >= 11 is 0. The SMILES string of the molecule is COC(=O)c1n[nH]c2c1CCN(C(=O)C1CCCO1)C2. The Morgan fingerprint density at radius 3 is 3.05 bits per heavy atom. The molecule has 1 unspecified atom stereocenters. The largest absolute Gasteiger partial charge is 0.464 e. The van der Waals surface area contributed by atoms with Gasteiger partial charge in [0.05, 0.1) is 19.3 Å². The van der Waals surface area contributed by atoms with Crippen LogP contribution in [0.3, 0.4) is 0 Å². The third-order valence-electron chi connectivity index (χ3n) is 3.83. The number of esters is 1. The van der Waals surface area contributed by atoms with Crippen LogP contribution in [0.15, 0.2) is 0 Å². The number of amides is 1. The molecule has 7 heteroatoms. The van der Waals surface area contributed by atoms with Gasteiger partial charge >= 0.3 is 5.97 Å². The lowest BCUT2D eigenvalue weighted by molar-refractivity contribution is -0.141. The van der Waals surface area contributed by atoms with Gasteiger partial charge in [-0.1, -0.05) is 0 Å². The number of ether oxygens (including phenoxy) is 2. The zero-order chi connectivity index (χ0) is 14.1. The van der Waals surface area contributed by atoms with Crippen LogP contribution in [0.4, 0.5) is 0 Å². The molecule has 3 rings (SSSR count). The van der Waals surface area contributed by atoms with E-state index in [1.165, 1.54) is 7.11 Å². The molecule has 0 bridgehead atoms. The topological polar surface area (TPSA) is 84.5 Å². The number of rotatable bonds is 2. The molecule has 1 N–H and O–H groups in total. The molecule has 1 atom stereocenters. The standard InChI is InChI=1S/C13H17N3O4/c1-19-13(18)11-8-4-5-16(7-9(8)14-15-11)12(17)10-3-2-6-20-10/h10H,2-7H2,1H3,(H,14,15). The predicted octanol–water partition coefficient (Wildman–Crippen LogP) is 0.260. The van der Waals surface area contributed by atoms with Gasteiger partial charge in [0.1, 0.15) is 6.10 Å². The van der Waals surface area contributed by atoms with Gasteiger partial charge in [0, 0.05) is 18.7 Å². The maximum absolute atomic E-state index is 12.3. The molecular weight excluding hydrogens is 262 g/mol. The fourth-order valence-corrected chi connectivity index (χ4v) is 2.75. The summed E-state index contributed by atoms with van der Waals surface area (Å²) in [6, 6.07) is 0. The molecule has 7 nitrogen and oxygen atoms in total. The summed E-state index contributed by atoms with van der Waals surface area (Å²) in [6.07, 6.45) is 2.03. The molecule has 0 radical (unpaired) electrons. The molecule has 1 fully saturated rings. The van der Waals surface area contributed by atoms with Crippen LogP contribution in [0, 0.1) is 0 Å². The van der Waals surface area contributed by atoms with E-state index in [9.17, 15) is 9.59 Å². The van der Waals surface area contributed by atoms with E-state index in [0.717, 1.165) is 24.1 Å². The van der Waals surface area contributed by atoms with Crippen LogP contribution in [0.5, 0.6) is 0 Å². The molecule has 1 saturated heterocycles. The number of hydrogen-bond donors (Lipinski definition) is 1. The Balaban J connectivity index is 1.74. The van der Waals surface area contributed by atoms with Crippen LogP contribution >= 0.6 is 0 Å². The molecule has 2 aliphatic rings. The highest BCUT2D eigenvalue weighted by molar-refractivity contribution is 5.89. The van der Waals surface area contributed by atoms with E-state index < -0.39 is 5.97 Å². The molecule has 0 aliphatic carbocycles. The molecule has 0 aromatic carbocycles. The van der Waals surface area contributed by atoms with E-state index in [2.05, 4.69) is 10.2 Å². The molecule has 2 aliphatic heterocycles. The highest BCUT2D eigenvalue weighted by Crippen LogP contribution is 2.23. The monoisotopic (exact) mass is 279 g/mol. The molecular formula is C13H17N3O4. The van der Waals surface area contributed by atoms with Gasteiger partial charge in [-0.05, 0) is 19.3 Å². The summed E-state index contributed by atoms with van der Waals surface area (Å²) in [7, 11) is 1.33. The van der Waals surface area contributed by atoms with Gasteiger partial charge in [-0.15, -0.1) is 0 Å². The van der Waals surface area contributed by atoms with Crippen molar-refractivity contribution in [3.63, 3.8) is 0 Å². The Bertz CT molecular complexity index is 534. The Labute approximate surface area is 116 Å². The molecule has 1 aromatic heterocycles. The molecule has 0 saturated carbocycles. The number of nitrogens with zero attached hydrogens (tertiary/aromatic N) is 2. The molecule has 20 heavy (non-hydrogen) atoms. The van der Waals surface area contributed by atoms with E-state index in [-0.39, 0.29) is 12.0 Å². The smallest absolute Gasteiger partial charge is 0.358 e.